The van der Waals surface area contributed by atoms with Gasteiger partial charge in [0.1, 0.15) is 5.60 Å². The van der Waals surface area contributed by atoms with Crippen molar-refractivity contribution in [2.75, 3.05) is 38.6 Å². The van der Waals surface area contributed by atoms with Crippen molar-refractivity contribution in [1.29, 1.82) is 0 Å². The van der Waals surface area contributed by atoms with E-state index in [1.807, 2.05) is 39.0 Å². The van der Waals surface area contributed by atoms with Crippen LogP contribution in [0, 0.1) is 0 Å². The van der Waals surface area contributed by atoms with Crippen molar-refractivity contribution in [3.05, 3.63) is 30.3 Å². The molecule has 27 heavy (non-hydrogen) atoms. The summed E-state index contributed by atoms with van der Waals surface area (Å²) in [6, 6.07) is 10.5. The van der Waals surface area contributed by atoms with Crippen LogP contribution in [-0.4, -0.2) is 57.4 Å². The van der Waals surface area contributed by atoms with Crippen LogP contribution in [0.5, 0.6) is 0 Å². The van der Waals surface area contributed by atoms with Gasteiger partial charge < -0.3 is 25.6 Å². The van der Waals surface area contributed by atoms with Gasteiger partial charge in [-0.2, -0.15) is 0 Å². The summed E-state index contributed by atoms with van der Waals surface area (Å²) in [6.45, 7) is 9.41. The van der Waals surface area contributed by atoms with Crippen molar-refractivity contribution in [1.82, 2.24) is 16.0 Å². The molecule has 154 valence electrons. The van der Waals surface area contributed by atoms with Crippen molar-refractivity contribution < 1.29 is 9.53 Å². The molecule has 7 nitrogen and oxygen atoms in total. The molecule has 1 aromatic rings. The molecule has 0 aliphatic rings. The third-order valence-electron chi connectivity index (χ3n) is 3.70. The molecule has 0 heterocycles. The lowest BCUT2D eigenvalue weighted by Crippen LogP contribution is -2.46. The Morgan fingerprint density at radius 2 is 1.74 bits per heavy atom. The van der Waals surface area contributed by atoms with E-state index in [9.17, 15) is 4.79 Å². The largest absolute Gasteiger partial charge is 0.444 e. The second-order valence-electron chi connectivity index (χ2n) is 7.10. The van der Waals surface area contributed by atoms with Gasteiger partial charge in [-0.1, -0.05) is 18.2 Å². The van der Waals surface area contributed by atoms with Crippen LogP contribution in [0.3, 0.4) is 0 Å². The van der Waals surface area contributed by atoms with Gasteiger partial charge in [-0.05, 0) is 39.8 Å². The molecule has 0 radical (unpaired) electrons. The fourth-order valence-corrected chi connectivity index (χ4v) is 2.18. The number of ether oxygens (including phenoxy) is 1. The molecule has 0 fully saturated rings. The zero-order valence-corrected chi connectivity index (χ0v) is 19.5. The molecule has 0 saturated heterocycles. The standard InChI is InChI=1S/C19H33N5O2.HI/c1-15(24(6)16-10-8-7-9-11-16)14-23-17(20-5)21-12-13-22-18(25)26-19(2,3)4;/h7-11,15H,12-14H2,1-6H3,(H,22,25)(H2,20,21,23);1H. The van der Waals surface area contributed by atoms with Gasteiger partial charge in [0, 0.05) is 45.5 Å². The Kier molecular flexibility index (Phi) is 11.8. The lowest BCUT2D eigenvalue weighted by Gasteiger charge is -2.27. The van der Waals surface area contributed by atoms with Crippen molar-refractivity contribution in [3.63, 3.8) is 0 Å². The number of nitrogens with one attached hydrogen (secondary N) is 3. The highest BCUT2D eigenvalue weighted by molar-refractivity contribution is 14.0. The lowest BCUT2D eigenvalue weighted by molar-refractivity contribution is 0.0529. The Morgan fingerprint density at radius 1 is 1.15 bits per heavy atom. The third-order valence-corrected chi connectivity index (χ3v) is 3.70. The fourth-order valence-electron chi connectivity index (χ4n) is 2.18. The fraction of sp³-hybridized carbons (Fsp3) is 0.579. The van der Waals surface area contributed by atoms with Crippen LogP contribution in [0.15, 0.2) is 35.3 Å². The Hall–Kier alpha value is -1.71. The number of carbonyl (C=O) groups excluding carboxylic acids is 1. The molecule has 1 atom stereocenters. The number of guanidine groups is 1. The molecule has 8 heteroatoms. The summed E-state index contributed by atoms with van der Waals surface area (Å²) in [4.78, 5) is 18.0. The van der Waals surface area contributed by atoms with Crippen LogP contribution in [0.25, 0.3) is 0 Å². The molecular formula is C19H34IN5O2. The molecule has 1 unspecified atom stereocenters. The normalized spacial score (nSPS) is 12.4. The van der Waals surface area contributed by atoms with Crippen LogP contribution >= 0.6 is 24.0 Å². The molecule has 1 aromatic carbocycles. The summed E-state index contributed by atoms with van der Waals surface area (Å²) in [5, 5.41) is 9.18. The number of para-hydroxylation sites is 1. The highest BCUT2D eigenvalue weighted by atomic mass is 127. The van der Waals surface area contributed by atoms with E-state index < -0.39 is 11.7 Å². The molecule has 0 aromatic heterocycles. The highest BCUT2D eigenvalue weighted by Crippen LogP contribution is 2.13. The molecule has 1 amide bonds. The Labute approximate surface area is 180 Å². The summed E-state index contributed by atoms with van der Waals surface area (Å²) in [7, 11) is 3.80. The predicted molar refractivity (Wildman–Crippen MR) is 123 cm³/mol. The van der Waals surface area contributed by atoms with E-state index in [0.717, 1.165) is 6.54 Å². The van der Waals surface area contributed by atoms with Gasteiger partial charge in [-0.25, -0.2) is 4.79 Å². The van der Waals surface area contributed by atoms with Crippen LogP contribution in [0.2, 0.25) is 0 Å². The summed E-state index contributed by atoms with van der Waals surface area (Å²) in [5.41, 5.74) is 0.682. The van der Waals surface area contributed by atoms with Gasteiger partial charge in [0.05, 0.1) is 0 Å². The highest BCUT2D eigenvalue weighted by Gasteiger charge is 2.15. The van der Waals surface area contributed by atoms with Gasteiger partial charge in [-0.15, -0.1) is 24.0 Å². The van der Waals surface area contributed by atoms with Gasteiger partial charge in [0.15, 0.2) is 5.96 Å². The monoisotopic (exact) mass is 491 g/mol. The third kappa shape index (κ3) is 10.9. The number of aliphatic imine (C=N–C) groups is 1. The number of carbonyl (C=O) groups is 1. The average Bonchev–Trinajstić information content (AvgIpc) is 2.59. The van der Waals surface area contributed by atoms with Crippen molar-refractivity contribution in [2.24, 2.45) is 4.99 Å². The Bertz CT molecular complexity index is 575. The first-order valence-electron chi connectivity index (χ1n) is 8.92. The first kappa shape index (κ1) is 25.3. The van der Waals surface area contributed by atoms with E-state index in [4.69, 9.17) is 4.74 Å². The number of nitrogens with zero attached hydrogens (tertiary/aromatic N) is 2. The number of hydrogen-bond donors (Lipinski definition) is 3. The lowest BCUT2D eigenvalue weighted by atomic mass is 10.2. The van der Waals surface area contributed by atoms with Crippen molar-refractivity contribution in [3.8, 4) is 0 Å². The molecule has 0 bridgehead atoms. The number of amides is 1. The van der Waals surface area contributed by atoms with Gasteiger partial charge in [0.25, 0.3) is 0 Å². The summed E-state index contributed by atoms with van der Waals surface area (Å²) >= 11 is 0. The number of hydrogen-bond acceptors (Lipinski definition) is 4. The SMILES string of the molecule is CN=C(NCCNC(=O)OC(C)(C)C)NCC(C)N(C)c1ccccc1.I. The van der Waals surface area contributed by atoms with Crippen LogP contribution in [0.1, 0.15) is 27.7 Å². The number of alkyl carbamates (subject to hydrolysis) is 1. The van der Waals surface area contributed by atoms with Crippen LogP contribution in [-0.2, 0) is 4.74 Å². The number of anilines is 1. The van der Waals surface area contributed by atoms with E-state index in [1.165, 1.54) is 5.69 Å². The van der Waals surface area contributed by atoms with Gasteiger partial charge >= 0.3 is 6.09 Å². The Balaban J connectivity index is 0.00000676. The molecular weight excluding hydrogens is 457 g/mol. The molecule has 1 rings (SSSR count). The van der Waals surface area contributed by atoms with Crippen LogP contribution in [0.4, 0.5) is 10.5 Å². The number of benzene rings is 1. The molecule has 0 spiro atoms. The smallest absolute Gasteiger partial charge is 0.407 e. The van der Waals surface area contributed by atoms with E-state index in [-0.39, 0.29) is 30.0 Å². The van der Waals surface area contributed by atoms with E-state index in [1.54, 1.807) is 7.05 Å². The first-order chi connectivity index (χ1) is 12.2. The maximum atomic E-state index is 11.6. The number of rotatable bonds is 7. The zero-order chi connectivity index (χ0) is 19.6. The minimum Gasteiger partial charge on any atom is -0.444 e. The quantitative estimate of drug-likeness (QED) is 0.237. The summed E-state index contributed by atoms with van der Waals surface area (Å²) in [6.07, 6.45) is -0.416. The van der Waals surface area contributed by atoms with E-state index in [0.29, 0.717) is 19.0 Å². The second kappa shape index (κ2) is 12.6. The van der Waals surface area contributed by atoms with Crippen LogP contribution < -0.4 is 20.9 Å². The van der Waals surface area contributed by atoms with Gasteiger partial charge in [-0.3, -0.25) is 4.99 Å². The minimum absolute atomic E-state index is 0. The molecule has 0 saturated carbocycles. The second-order valence-corrected chi connectivity index (χ2v) is 7.10. The minimum atomic E-state index is -0.490. The van der Waals surface area contributed by atoms with E-state index in [2.05, 4.69) is 51.9 Å². The average molecular weight is 491 g/mol. The zero-order valence-electron chi connectivity index (χ0n) is 17.2. The maximum absolute atomic E-state index is 11.6. The van der Waals surface area contributed by atoms with Crippen molar-refractivity contribution >= 4 is 41.7 Å². The number of likely N-dealkylation sites (N-methyl/N-ethyl adjacent to an activating group) is 1. The molecule has 0 aliphatic carbocycles. The molecule has 0 aliphatic heterocycles. The Morgan fingerprint density at radius 3 is 2.30 bits per heavy atom. The first-order valence-corrected chi connectivity index (χ1v) is 8.92. The topological polar surface area (TPSA) is 78.0 Å². The predicted octanol–water partition coefficient (Wildman–Crippen LogP) is 2.82. The summed E-state index contributed by atoms with van der Waals surface area (Å²) in [5.74, 6) is 0.698. The summed E-state index contributed by atoms with van der Waals surface area (Å²) < 4.78 is 5.19. The van der Waals surface area contributed by atoms with Crippen molar-refractivity contribution in [2.45, 2.75) is 39.3 Å². The van der Waals surface area contributed by atoms with Gasteiger partial charge in [0.2, 0.25) is 0 Å². The maximum Gasteiger partial charge on any atom is 0.407 e. The number of halogens is 1. The van der Waals surface area contributed by atoms with E-state index >= 15 is 0 Å². The molecule has 3 N–H and O–H groups in total.